The van der Waals surface area contributed by atoms with Crippen LogP contribution >= 0.6 is 12.4 Å². The van der Waals surface area contributed by atoms with Gasteiger partial charge in [0.25, 0.3) is 0 Å². The Morgan fingerprint density at radius 3 is 2.59 bits per heavy atom. The molecule has 1 unspecified atom stereocenters. The maximum atomic E-state index is 12.3. The fraction of sp³-hybridized carbons (Fsp3) is 0.588. The normalized spacial score (nSPS) is 16.6. The number of nitrogens with zero attached hydrogens (tertiary/aromatic N) is 1. The third-order valence-corrected chi connectivity index (χ3v) is 4.21. The van der Waals surface area contributed by atoms with Crippen LogP contribution in [0.15, 0.2) is 30.3 Å². The molecule has 4 nitrogen and oxygen atoms in total. The smallest absolute Gasteiger partial charge is 0.239 e. The fourth-order valence-corrected chi connectivity index (χ4v) is 2.76. The lowest BCUT2D eigenvalue weighted by Gasteiger charge is -2.26. The highest BCUT2D eigenvalue weighted by Crippen LogP contribution is 2.18. The van der Waals surface area contributed by atoms with Gasteiger partial charge < -0.3 is 15.4 Å². The van der Waals surface area contributed by atoms with Crippen LogP contribution in [0, 0.1) is 5.92 Å². The maximum Gasteiger partial charge on any atom is 0.239 e. The molecular formula is C17H27ClN2O2. The summed E-state index contributed by atoms with van der Waals surface area (Å²) in [5.41, 5.74) is 7.16. The number of nitrogens with two attached hydrogens (primary N) is 1. The summed E-state index contributed by atoms with van der Waals surface area (Å²) in [6.45, 7) is 2.50. The lowest BCUT2D eigenvalue weighted by atomic mass is 9.96. The predicted molar refractivity (Wildman–Crippen MR) is 91.2 cm³/mol. The van der Waals surface area contributed by atoms with Crippen molar-refractivity contribution in [1.82, 2.24) is 4.90 Å². The molecule has 1 aliphatic rings. The van der Waals surface area contributed by atoms with Gasteiger partial charge in [0.2, 0.25) is 5.91 Å². The number of likely N-dealkylation sites (N-methyl/N-ethyl adjacent to an activating group) is 1. The summed E-state index contributed by atoms with van der Waals surface area (Å²) < 4.78 is 5.36. The highest BCUT2D eigenvalue weighted by molar-refractivity contribution is 5.85. The van der Waals surface area contributed by atoms with Crippen molar-refractivity contribution in [3.05, 3.63) is 35.9 Å². The number of carbonyl (C=O) groups excluding carboxylic acids is 1. The van der Waals surface area contributed by atoms with Crippen molar-refractivity contribution in [2.45, 2.75) is 31.7 Å². The first-order valence-electron chi connectivity index (χ1n) is 7.79. The molecule has 2 N–H and O–H groups in total. The number of hydrogen-bond donors (Lipinski definition) is 1. The number of amides is 1. The molecular weight excluding hydrogens is 300 g/mol. The summed E-state index contributed by atoms with van der Waals surface area (Å²) in [7, 11) is 1.85. The van der Waals surface area contributed by atoms with Crippen molar-refractivity contribution in [2.75, 3.05) is 26.8 Å². The van der Waals surface area contributed by atoms with Gasteiger partial charge in [0.1, 0.15) is 0 Å². The summed E-state index contributed by atoms with van der Waals surface area (Å²) in [6.07, 6.45) is 3.86. The molecule has 1 atom stereocenters. The van der Waals surface area contributed by atoms with Crippen LogP contribution in [-0.2, 0) is 16.0 Å². The highest BCUT2D eigenvalue weighted by atomic mass is 35.5. The largest absolute Gasteiger partial charge is 0.381 e. The molecule has 0 aromatic heterocycles. The van der Waals surface area contributed by atoms with Crippen LogP contribution in [0.1, 0.15) is 24.8 Å². The minimum absolute atomic E-state index is 0. The van der Waals surface area contributed by atoms with Gasteiger partial charge in [-0.05, 0) is 37.2 Å². The van der Waals surface area contributed by atoms with E-state index in [1.54, 1.807) is 4.90 Å². The van der Waals surface area contributed by atoms with E-state index in [1.807, 2.05) is 37.4 Å². The number of hydrogen-bond acceptors (Lipinski definition) is 3. The molecule has 1 aromatic rings. The monoisotopic (exact) mass is 326 g/mol. The molecule has 1 aliphatic heterocycles. The third kappa shape index (κ3) is 5.95. The average molecular weight is 327 g/mol. The Kier molecular flexibility index (Phi) is 8.46. The van der Waals surface area contributed by atoms with E-state index in [2.05, 4.69) is 0 Å². The zero-order valence-electron chi connectivity index (χ0n) is 13.2. The van der Waals surface area contributed by atoms with Gasteiger partial charge in [-0.2, -0.15) is 0 Å². The minimum atomic E-state index is -0.452. The second-order valence-electron chi connectivity index (χ2n) is 5.90. The molecule has 1 amide bonds. The van der Waals surface area contributed by atoms with Gasteiger partial charge in [-0.25, -0.2) is 0 Å². The first-order chi connectivity index (χ1) is 10.2. The molecule has 5 heteroatoms. The lowest BCUT2D eigenvalue weighted by Crippen LogP contribution is -2.43. The van der Waals surface area contributed by atoms with Crippen LogP contribution in [0.5, 0.6) is 0 Å². The van der Waals surface area contributed by atoms with Gasteiger partial charge >= 0.3 is 0 Å². The first-order valence-corrected chi connectivity index (χ1v) is 7.79. The van der Waals surface area contributed by atoms with Crippen LogP contribution in [0.2, 0.25) is 0 Å². The molecule has 2 rings (SSSR count). The van der Waals surface area contributed by atoms with E-state index in [0.29, 0.717) is 12.3 Å². The maximum absolute atomic E-state index is 12.3. The molecule has 1 aromatic carbocycles. The van der Waals surface area contributed by atoms with Crippen molar-refractivity contribution < 1.29 is 9.53 Å². The van der Waals surface area contributed by atoms with Gasteiger partial charge in [-0.15, -0.1) is 12.4 Å². The van der Waals surface area contributed by atoms with Crippen molar-refractivity contribution in [1.29, 1.82) is 0 Å². The molecule has 1 fully saturated rings. The zero-order chi connectivity index (χ0) is 15.1. The lowest BCUT2D eigenvalue weighted by molar-refractivity contribution is -0.131. The quantitative estimate of drug-likeness (QED) is 0.872. The molecule has 22 heavy (non-hydrogen) atoms. The Labute approximate surface area is 139 Å². The molecule has 1 saturated heterocycles. The van der Waals surface area contributed by atoms with E-state index in [9.17, 15) is 4.79 Å². The van der Waals surface area contributed by atoms with Crippen LogP contribution in [-0.4, -0.2) is 43.7 Å². The van der Waals surface area contributed by atoms with Crippen LogP contribution < -0.4 is 5.73 Å². The van der Waals surface area contributed by atoms with Gasteiger partial charge in [0, 0.05) is 26.8 Å². The van der Waals surface area contributed by atoms with E-state index in [4.69, 9.17) is 10.5 Å². The second-order valence-corrected chi connectivity index (χ2v) is 5.90. The molecule has 0 bridgehead atoms. The van der Waals surface area contributed by atoms with Crippen LogP contribution in [0.4, 0.5) is 0 Å². The molecule has 124 valence electrons. The van der Waals surface area contributed by atoms with Gasteiger partial charge in [-0.1, -0.05) is 30.3 Å². The zero-order valence-corrected chi connectivity index (χ0v) is 14.1. The summed E-state index contributed by atoms with van der Waals surface area (Å²) in [5.74, 6) is 0.713. The van der Waals surface area contributed by atoms with Crippen molar-refractivity contribution >= 4 is 18.3 Å². The van der Waals surface area contributed by atoms with E-state index >= 15 is 0 Å². The fourth-order valence-electron chi connectivity index (χ4n) is 2.76. The second kappa shape index (κ2) is 9.82. The van der Waals surface area contributed by atoms with Crippen molar-refractivity contribution in [2.24, 2.45) is 11.7 Å². The third-order valence-electron chi connectivity index (χ3n) is 4.21. The van der Waals surface area contributed by atoms with Crippen LogP contribution in [0.3, 0.4) is 0 Å². The van der Waals surface area contributed by atoms with Gasteiger partial charge in [0.05, 0.1) is 6.04 Å². The number of benzene rings is 1. The molecule has 0 spiro atoms. The summed E-state index contributed by atoms with van der Waals surface area (Å²) in [6, 6.07) is 9.48. The number of carbonyl (C=O) groups is 1. The molecule has 0 radical (unpaired) electrons. The Morgan fingerprint density at radius 2 is 1.95 bits per heavy atom. The summed E-state index contributed by atoms with van der Waals surface area (Å²) in [4.78, 5) is 14.1. The highest BCUT2D eigenvalue weighted by Gasteiger charge is 2.20. The number of rotatable bonds is 6. The Hall–Kier alpha value is -1.10. The van der Waals surface area contributed by atoms with E-state index in [0.717, 1.165) is 44.6 Å². The number of ether oxygens (including phenoxy) is 1. The molecule has 0 aliphatic carbocycles. The van der Waals surface area contributed by atoms with E-state index in [-0.39, 0.29) is 18.3 Å². The average Bonchev–Trinajstić information content (AvgIpc) is 2.53. The van der Waals surface area contributed by atoms with Crippen molar-refractivity contribution in [3.63, 3.8) is 0 Å². The SMILES string of the molecule is CN(CCC1CCOCC1)C(=O)C(N)Cc1ccccc1.Cl. The molecule has 0 saturated carbocycles. The summed E-state index contributed by atoms with van der Waals surface area (Å²) in [5, 5.41) is 0. The van der Waals surface area contributed by atoms with E-state index < -0.39 is 6.04 Å². The minimum Gasteiger partial charge on any atom is -0.381 e. The predicted octanol–water partition coefficient (Wildman–Crippen LogP) is 2.25. The molecule has 1 heterocycles. The van der Waals surface area contributed by atoms with E-state index in [1.165, 1.54) is 0 Å². The Bertz CT molecular complexity index is 436. The Balaban J connectivity index is 0.00000242. The van der Waals surface area contributed by atoms with Crippen molar-refractivity contribution in [3.8, 4) is 0 Å². The standard InChI is InChI=1S/C17H26N2O2.ClH/c1-19(10-7-14-8-11-21-12-9-14)17(20)16(18)13-15-5-3-2-4-6-15;/h2-6,14,16H,7-13,18H2,1H3;1H. The Morgan fingerprint density at radius 1 is 1.32 bits per heavy atom. The number of halogens is 1. The van der Waals surface area contributed by atoms with Gasteiger partial charge in [-0.3, -0.25) is 4.79 Å². The topological polar surface area (TPSA) is 55.6 Å². The summed E-state index contributed by atoms with van der Waals surface area (Å²) >= 11 is 0. The first kappa shape index (κ1) is 18.9. The van der Waals surface area contributed by atoms with Gasteiger partial charge in [0.15, 0.2) is 0 Å². The van der Waals surface area contributed by atoms with Crippen LogP contribution in [0.25, 0.3) is 0 Å².